The van der Waals surface area contributed by atoms with Gasteiger partial charge in [-0.25, -0.2) is 4.98 Å². The van der Waals surface area contributed by atoms with Gasteiger partial charge >= 0.3 is 0 Å². The molecule has 1 amide bonds. The van der Waals surface area contributed by atoms with Gasteiger partial charge in [0.15, 0.2) is 11.5 Å². The van der Waals surface area contributed by atoms with E-state index in [-0.39, 0.29) is 5.91 Å². The summed E-state index contributed by atoms with van der Waals surface area (Å²) >= 11 is 0. The van der Waals surface area contributed by atoms with Crippen molar-refractivity contribution in [2.75, 3.05) is 18.5 Å². The molecule has 144 valence electrons. The average Bonchev–Trinajstić information content (AvgIpc) is 3.15. The van der Waals surface area contributed by atoms with E-state index in [1.54, 1.807) is 0 Å². The Hall–Kier alpha value is -3.80. The maximum atomic E-state index is 12.6. The number of anilines is 1. The summed E-state index contributed by atoms with van der Waals surface area (Å²) in [4.78, 5) is 20.6. The first-order chi connectivity index (χ1) is 14.2. The first-order valence-corrected chi connectivity index (χ1v) is 9.44. The van der Waals surface area contributed by atoms with E-state index in [4.69, 9.17) is 9.47 Å². The molecule has 0 atom stereocenters. The summed E-state index contributed by atoms with van der Waals surface area (Å²) in [5.41, 5.74) is 4.86. The van der Waals surface area contributed by atoms with Crippen LogP contribution in [0.3, 0.4) is 0 Å². The SMILES string of the molecule is Cc1ccccc1C(=O)Nc1cccc(-c2nc3cc4c(cc3[nH]2)OCCO4)c1. The molecule has 29 heavy (non-hydrogen) atoms. The Kier molecular flexibility index (Phi) is 4.17. The average molecular weight is 385 g/mol. The van der Waals surface area contributed by atoms with Gasteiger partial charge in [-0.15, -0.1) is 0 Å². The highest BCUT2D eigenvalue weighted by molar-refractivity contribution is 6.05. The van der Waals surface area contributed by atoms with E-state index in [9.17, 15) is 4.79 Å². The predicted molar refractivity (Wildman–Crippen MR) is 112 cm³/mol. The highest BCUT2D eigenvalue weighted by atomic mass is 16.6. The van der Waals surface area contributed by atoms with Gasteiger partial charge in [-0.2, -0.15) is 0 Å². The van der Waals surface area contributed by atoms with Gasteiger partial charge in [0, 0.05) is 28.9 Å². The van der Waals surface area contributed by atoms with Crippen LogP contribution in [0.15, 0.2) is 60.7 Å². The first kappa shape index (κ1) is 17.3. The molecule has 1 aliphatic heterocycles. The number of carbonyl (C=O) groups is 1. The van der Waals surface area contributed by atoms with Crippen LogP contribution < -0.4 is 14.8 Å². The fourth-order valence-corrected chi connectivity index (χ4v) is 3.45. The number of hydrogen-bond donors (Lipinski definition) is 2. The van der Waals surface area contributed by atoms with E-state index >= 15 is 0 Å². The second kappa shape index (κ2) is 6.98. The van der Waals surface area contributed by atoms with Crippen molar-refractivity contribution in [1.29, 1.82) is 0 Å². The molecule has 0 unspecified atom stereocenters. The number of benzene rings is 3. The fraction of sp³-hybridized carbons (Fsp3) is 0.130. The molecule has 0 spiro atoms. The monoisotopic (exact) mass is 385 g/mol. The molecule has 0 saturated carbocycles. The Morgan fingerprint density at radius 3 is 2.62 bits per heavy atom. The van der Waals surface area contributed by atoms with Gasteiger partial charge in [0.05, 0.1) is 11.0 Å². The number of carbonyl (C=O) groups excluding carboxylic acids is 1. The standard InChI is InChI=1S/C23H19N3O3/c1-14-5-2-3-8-17(14)23(27)24-16-7-4-6-15(11-16)22-25-18-12-20-21(13-19(18)26-22)29-10-9-28-20/h2-8,11-13H,9-10H2,1H3,(H,24,27)(H,25,26). The molecule has 1 aromatic heterocycles. The lowest BCUT2D eigenvalue weighted by atomic mass is 10.1. The van der Waals surface area contributed by atoms with Gasteiger partial charge in [0.2, 0.25) is 0 Å². The summed E-state index contributed by atoms with van der Waals surface area (Å²) < 4.78 is 11.3. The quantitative estimate of drug-likeness (QED) is 0.542. The van der Waals surface area contributed by atoms with Crippen LogP contribution in [0, 0.1) is 6.92 Å². The number of H-pyrrole nitrogens is 1. The smallest absolute Gasteiger partial charge is 0.255 e. The minimum atomic E-state index is -0.133. The van der Waals surface area contributed by atoms with Gasteiger partial charge in [0.1, 0.15) is 19.0 Å². The third-order valence-electron chi connectivity index (χ3n) is 4.93. The van der Waals surface area contributed by atoms with Crippen molar-refractivity contribution in [3.63, 3.8) is 0 Å². The molecule has 2 heterocycles. The minimum absolute atomic E-state index is 0.133. The van der Waals surface area contributed by atoms with E-state index in [0.717, 1.165) is 27.9 Å². The van der Waals surface area contributed by atoms with Gasteiger partial charge in [0.25, 0.3) is 5.91 Å². The maximum absolute atomic E-state index is 12.6. The number of rotatable bonds is 3. The molecule has 5 rings (SSSR count). The zero-order valence-corrected chi connectivity index (χ0v) is 15.9. The van der Waals surface area contributed by atoms with E-state index in [2.05, 4.69) is 15.3 Å². The Morgan fingerprint density at radius 2 is 1.79 bits per heavy atom. The van der Waals surface area contributed by atoms with Crippen LogP contribution >= 0.6 is 0 Å². The molecule has 1 aliphatic rings. The van der Waals surface area contributed by atoms with Crippen molar-refractivity contribution in [2.45, 2.75) is 6.92 Å². The van der Waals surface area contributed by atoms with Crippen LogP contribution in [-0.2, 0) is 0 Å². The number of nitrogens with zero attached hydrogens (tertiary/aromatic N) is 1. The van der Waals surface area contributed by atoms with E-state index in [1.165, 1.54) is 0 Å². The van der Waals surface area contributed by atoms with Crippen LogP contribution in [0.2, 0.25) is 0 Å². The zero-order chi connectivity index (χ0) is 19.8. The van der Waals surface area contributed by atoms with Crippen molar-refractivity contribution < 1.29 is 14.3 Å². The van der Waals surface area contributed by atoms with Crippen LogP contribution in [-0.4, -0.2) is 29.1 Å². The second-order valence-electron chi connectivity index (χ2n) is 6.95. The van der Waals surface area contributed by atoms with Crippen LogP contribution in [0.25, 0.3) is 22.4 Å². The zero-order valence-electron chi connectivity index (χ0n) is 15.9. The topological polar surface area (TPSA) is 76.2 Å². The summed E-state index contributed by atoms with van der Waals surface area (Å²) in [6.07, 6.45) is 0. The molecular formula is C23H19N3O3. The van der Waals surface area contributed by atoms with Crippen molar-refractivity contribution in [1.82, 2.24) is 9.97 Å². The lowest BCUT2D eigenvalue weighted by molar-refractivity contribution is 0.102. The molecule has 0 aliphatic carbocycles. The summed E-state index contributed by atoms with van der Waals surface area (Å²) in [6, 6.07) is 18.9. The van der Waals surface area contributed by atoms with Gasteiger partial charge in [-0.1, -0.05) is 30.3 Å². The number of amides is 1. The lowest BCUT2D eigenvalue weighted by Gasteiger charge is -2.17. The second-order valence-corrected chi connectivity index (χ2v) is 6.95. The molecule has 6 nitrogen and oxygen atoms in total. The molecule has 0 fully saturated rings. The van der Waals surface area contributed by atoms with Crippen molar-refractivity contribution in [2.24, 2.45) is 0 Å². The molecule has 6 heteroatoms. The van der Waals surface area contributed by atoms with Crippen LogP contribution in [0.4, 0.5) is 5.69 Å². The first-order valence-electron chi connectivity index (χ1n) is 9.44. The highest BCUT2D eigenvalue weighted by Crippen LogP contribution is 2.35. The lowest BCUT2D eigenvalue weighted by Crippen LogP contribution is -2.15. The number of imidazole rings is 1. The van der Waals surface area contributed by atoms with Crippen molar-refractivity contribution in [3.05, 3.63) is 71.8 Å². The van der Waals surface area contributed by atoms with Crippen molar-refractivity contribution in [3.8, 4) is 22.9 Å². The van der Waals surface area contributed by atoms with Gasteiger partial charge in [-0.05, 0) is 30.7 Å². The summed E-state index contributed by atoms with van der Waals surface area (Å²) in [7, 11) is 0. The summed E-state index contributed by atoms with van der Waals surface area (Å²) in [5.74, 6) is 2.01. The highest BCUT2D eigenvalue weighted by Gasteiger charge is 2.16. The Labute approximate surface area is 167 Å². The van der Waals surface area contributed by atoms with Gasteiger partial charge < -0.3 is 19.8 Å². The van der Waals surface area contributed by atoms with Crippen molar-refractivity contribution >= 4 is 22.6 Å². The number of hydrogen-bond acceptors (Lipinski definition) is 4. The molecule has 2 N–H and O–H groups in total. The third-order valence-corrected chi connectivity index (χ3v) is 4.93. The van der Waals surface area contributed by atoms with E-state index in [1.807, 2.05) is 67.6 Å². The van der Waals surface area contributed by atoms with E-state index in [0.29, 0.717) is 36.0 Å². The number of fused-ring (bicyclic) bond motifs is 2. The summed E-state index contributed by atoms with van der Waals surface area (Å²) in [5, 5.41) is 2.97. The molecule has 3 aromatic carbocycles. The number of aromatic nitrogens is 2. The molecule has 0 saturated heterocycles. The summed E-state index contributed by atoms with van der Waals surface area (Å²) in [6.45, 7) is 3.01. The number of aryl methyl sites for hydroxylation is 1. The Morgan fingerprint density at radius 1 is 1.00 bits per heavy atom. The normalized spacial score (nSPS) is 12.7. The number of nitrogens with one attached hydrogen (secondary N) is 2. The largest absolute Gasteiger partial charge is 0.486 e. The number of aromatic amines is 1. The molecular weight excluding hydrogens is 366 g/mol. The molecule has 4 aromatic rings. The Bertz CT molecular complexity index is 1190. The maximum Gasteiger partial charge on any atom is 0.255 e. The number of ether oxygens (including phenoxy) is 2. The van der Waals surface area contributed by atoms with Crippen LogP contribution in [0.5, 0.6) is 11.5 Å². The minimum Gasteiger partial charge on any atom is -0.486 e. The Balaban J connectivity index is 1.45. The van der Waals surface area contributed by atoms with E-state index < -0.39 is 0 Å². The molecule has 0 bridgehead atoms. The van der Waals surface area contributed by atoms with Crippen LogP contribution in [0.1, 0.15) is 15.9 Å². The van der Waals surface area contributed by atoms with Gasteiger partial charge in [-0.3, -0.25) is 4.79 Å². The third kappa shape index (κ3) is 3.29. The fourth-order valence-electron chi connectivity index (χ4n) is 3.45. The molecule has 0 radical (unpaired) electrons. The predicted octanol–water partition coefficient (Wildman–Crippen LogP) is 4.56.